The van der Waals surface area contributed by atoms with Crippen LogP contribution in [0.25, 0.3) is 0 Å². The van der Waals surface area contributed by atoms with Gasteiger partial charge in [0, 0.05) is 37.9 Å². The van der Waals surface area contributed by atoms with Gasteiger partial charge in [-0.1, -0.05) is 6.07 Å². The highest BCUT2D eigenvalue weighted by Crippen LogP contribution is 2.26. The molecule has 2 heterocycles. The summed E-state index contributed by atoms with van der Waals surface area (Å²) in [6.07, 6.45) is 1.71. The highest BCUT2D eigenvalue weighted by Gasteiger charge is 2.34. The van der Waals surface area contributed by atoms with Gasteiger partial charge in [0.05, 0.1) is 13.0 Å². The van der Waals surface area contributed by atoms with Gasteiger partial charge in [-0.15, -0.1) is 0 Å². The number of carbonyl (C=O) groups excluding carboxylic acids is 3. The number of carbonyl (C=O) groups is 3. The first-order chi connectivity index (χ1) is 13.6. The van der Waals surface area contributed by atoms with Gasteiger partial charge in [-0.05, 0) is 36.4 Å². The van der Waals surface area contributed by atoms with Gasteiger partial charge in [-0.3, -0.25) is 19.4 Å². The first kappa shape index (κ1) is 19.3. The number of pyridine rings is 1. The molecule has 1 aliphatic rings. The molecule has 0 unspecified atom stereocenters. The predicted molar refractivity (Wildman–Crippen MR) is 103 cm³/mol. The van der Waals surface area contributed by atoms with E-state index in [1.807, 2.05) is 0 Å². The van der Waals surface area contributed by atoms with Crippen LogP contribution in [0.2, 0.25) is 0 Å². The van der Waals surface area contributed by atoms with Crippen LogP contribution >= 0.6 is 0 Å². The molecule has 0 aliphatic carbocycles. The minimum absolute atomic E-state index is 0.0891. The molecule has 0 spiro atoms. The molecule has 8 heteroatoms. The van der Waals surface area contributed by atoms with E-state index in [0.29, 0.717) is 18.0 Å². The Morgan fingerprint density at radius 2 is 1.89 bits per heavy atom. The Morgan fingerprint density at radius 1 is 1.14 bits per heavy atom. The number of amides is 3. The Bertz CT molecular complexity index is 839. The van der Waals surface area contributed by atoms with Crippen molar-refractivity contribution in [1.82, 2.24) is 15.6 Å². The van der Waals surface area contributed by atoms with Crippen LogP contribution in [-0.2, 0) is 9.59 Å². The maximum Gasteiger partial charge on any atom is 0.269 e. The number of ether oxygens (including phenoxy) is 1. The van der Waals surface area contributed by atoms with E-state index in [9.17, 15) is 14.4 Å². The second-order valence-corrected chi connectivity index (χ2v) is 6.37. The van der Waals surface area contributed by atoms with Crippen molar-refractivity contribution in [3.63, 3.8) is 0 Å². The third-order valence-corrected chi connectivity index (χ3v) is 4.49. The van der Waals surface area contributed by atoms with Gasteiger partial charge in [0.1, 0.15) is 11.4 Å². The minimum Gasteiger partial charge on any atom is -0.497 e. The van der Waals surface area contributed by atoms with E-state index in [-0.39, 0.29) is 37.2 Å². The lowest BCUT2D eigenvalue weighted by molar-refractivity contribution is -0.126. The van der Waals surface area contributed by atoms with Gasteiger partial charge in [-0.25, -0.2) is 0 Å². The first-order valence-electron chi connectivity index (χ1n) is 9.00. The van der Waals surface area contributed by atoms with Crippen LogP contribution in [0.4, 0.5) is 5.69 Å². The molecule has 8 nitrogen and oxygen atoms in total. The number of nitrogens with one attached hydrogen (secondary N) is 2. The quantitative estimate of drug-likeness (QED) is 0.696. The van der Waals surface area contributed by atoms with Gasteiger partial charge < -0.3 is 20.3 Å². The average molecular weight is 382 g/mol. The van der Waals surface area contributed by atoms with Crippen molar-refractivity contribution in [3.8, 4) is 5.75 Å². The molecule has 1 atom stereocenters. The van der Waals surface area contributed by atoms with E-state index in [0.717, 1.165) is 5.69 Å². The van der Waals surface area contributed by atoms with Crippen LogP contribution in [0.5, 0.6) is 5.75 Å². The van der Waals surface area contributed by atoms with Gasteiger partial charge >= 0.3 is 0 Å². The Hall–Kier alpha value is -3.42. The third kappa shape index (κ3) is 4.64. The Morgan fingerprint density at radius 3 is 2.57 bits per heavy atom. The molecule has 3 rings (SSSR count). The predicted octanol–water partition coefficient (Wildman–Crippen LogP) is 0.989. The fraction of sp³-hybridized carbons (Fsp3) is 0.300. The van der Waals surface area contributed by atoms with Gasteiger partial charge in [0.2, 0.25) is 11.8 Å². The zero-order valence-corrected chi connectivity index (χ0v) is 15.6. The normalized spacial score (nSPS) is 16.0. The zero-order chi connectivity index (χ0) is 19.9. The second kappa shape index (κ2) is 8.98. The summed E-state index contributed by atoms with van der Waals surface area (Å²) < 4.78 is 5.12. The number of benzene rings is 1. The van der Waals surface area contributed by atoms with Crippen LogP contribution in [0.3, 0.4) is 0 Å². The van der Waals surface area contributed by atoms with Crippen molar-refractivity contribution in [3.05, 3.63) is 54.4 Å². The van der Waals surface area contributed by atoms with Crippen molar-refractivity contribution >= 4 is 23.4 Å². The molecular formula is C20H22N4O4. The maximum absolute atomic E-state index is 12.3. The molecule has 1 fully saturated rings. The maximum atomic E-state index is 12.3. The largest absolute Gasteiger partial charge is 0.497 e. The summed E-state index contributed by atoms with van der Waals surface area (Å²) in [6, 6.07) is 12.2. The van der Waals surface area contributed by atoms with Gasteiger partial charge in [0.15, 0.2) is 0 Å². The van der Waals surface area contributed by atoms with Crippen LogP contribution < -0.4 is 20.3 Å². The fourth-order valence-corrected chi connectivity index (χ4v) is 2.99. The molecule has 1 aliphatic heterocycles. The van der Waals surface area contributed by atoms with Crippen LogP contribution in [0.15, 0.2) is 48.7 Å². The number of hydrogen-bond donors (Lipinski definition) is 2. The highest BCUT2D eigenvalue weighted by molar-refractivity contribution is 6.00. The van der Waals surface area contributed by atoms with Crippen LogP contribution in [0, 0.1) is 5.92 Å². The molecule has 0 radical (unpaired) electrons. The van der Waals surface area contributed by atoms with E-state index >= 15 is 0 Å². The van der Waals surface area contributed by atoms with Crippen molar-refractivity contribution in [2.24, 2.45) is 5.92 Å². The summed E-state index contributed by atoms with van der Waals surface area (Å²) in [5, 5.41) is 5.46. The lowest BCUT2D eigenvalue weighted by Crippen LogP contribution is -2.38. The summed E-state index contributed by atoms with van der Waals surface area (Å²) >= 11 is 0. The van der Waals surface area contributed by atoms with Gasteiger partial charge in [0.25, 0.3) is 5.91 Å². The van der Waals surface area contributed by atoms with Crippen LogP contribution in [-0.4, -0.2) is 49.4 Å². The number of aromatic nitrogens is 1. The molecule has 0 bridgehead atoms. The van der Waals surface area contributed by atoms with Crippen molar-refractivity contribution < 1.29 is 19.1 Å². The van der Waals surface area contributed by atoms with E-state index in [4.69, 9.17) is 4.74 Å². The highest BCUT2D eigenvalue weighted by atomic mass is 16.5. The van der Waals surface area contributed by atoms with Crippen LogP contribution in [0.1, 0.15) is 16.9 Å². The van der Waals surface area contributed by atoms with Crippen molar-refractivity contribution in [1.29, 1.82) is 0 Å². The molecule has 2 N–H and O–H groups in total. The van der Waals surface area contributed by atoms with E-state index in [1.54, 1.807) is 60.7 Å². The summed E-state index contributed by atoms with van der Waals surface area (Å²) in [6.45, 7) is 0.895. The SMILES string of the molecule is COc1ccc(N2C[C@H](C(=O)NCCNC(=O)c3ccccn3)CC2=O)cc1. The average Bonchev–Trinajstić information content (AvgIpc) is 3.13. The number of rotatable bonds is 7. The van der Waals surface area contributed by atoms with E-state index in [1.165, 1.54) is 0 Å². The lowest BCUT2D eigenvalue weighted by Gasteiger charge is -2.17. The molecule has 1 saturated heterocycles. The molecule has 28 heavy (non-hydrogen) atoms. The van der Waals surface area contributed by atoms with Crippen molar-refractivity contribution in [2.75, 3.05) is 31.6 Å². The number of hydrogen-bond acceptors (Lipinski definition) is 5. The number of anilines is 1. The Labute approximate surface area is 162 Å². The molecule has 3 amide bonds. The number of methoxy groups -OCH3 is 1. The third-order valence-electron chi connectivity index (χ3n) is 4.49. The Kier molecular flexibility index (Phi) is 6.21. The van der Waals surface area contributed by atoms with Crippen molar-refractivity contribution in [2.45, 2.75) is 6.42 Å². The molecule has 2 aromatic rings. The summed E-state index contributed by atoms with van der Waals surface area (Å²) in [5.41, 5.74) is 1.06. The fourth-order valence-electron chi connectivity index (χ4n) is 2.99. The molecule has 1 aromatic heterocycles. The molecule has 1 aromatic carbocycles. The molecule has 146 valence electrons. The molecule has 0 saturated carbocycles. The summed E-state index contributed by atoms with van der Waals surface area (Å²) in [5.74, 6) is -0.291. The first-order valence-corrected chi connectivity index (χ1v) is 9.00. The smallest absolute Gasteiger partial charge is 0.269 e. The van der Waals surface area contributed by atoms with E-state index in [2.05, 4.69) is 15.6 Å². The Balaban J connectivity index is 1.44. The summed E-state index contributed by atoms with van der Waals surface area (Å²) in [7, 11) is 1.58. The van der Waals surface area contributed by atoms with E-state index < -0.39 is 5.92 Å². The standard InChI is InChI=1S/C20H22N4O4/c1-28-16-7-5-15(6-8-16)24-13-14(12-18(24)25)19(26)22-10-11-23-20(27)17-4-2-3-9-21-17/h2-9,14H,10-13H2,1H3,(H,22,26)(H,23,27)/t14-/m1/s1. The molecular weight excluding hydrogens is 360 g/mol. The monoisotopic (exact) mass is 382 g/mol. The second-order valence-electron chi connectivity index (χ2n) is 6.37. The van der Waals surface area contributed by atoms with Gasteiger partial charge in [-0.2, -0.15) is 0 Å². The lowest BCUT2D eigenvalue weighted by atomic mass is 10.1. The summed E-state index contributed by atoms with van der Waals surface area (Å²) in [4.78, 5) is 42.1. The number of nitrogens with zero attached hydrogens (tertiary/aromatic N) is 2. The minimum atomic E-state index is -0.416. The zero-order valence-electron chi connectivity index (χ0n) is 15.6. The topological polar surface area (TPSA) is 101 Å².